The Morgan fingerprint density at radius 1 is 1.22 bits per heavy atom. The number of aliphatic hydroxyl groups is 1. The number of hydrogen-bond acceptors (Lipinski definition) is 5. The van der Waals surface area contributed by atoms with Gasteiger partial charge in [0, 0.05) is 25.2 Å². The highest BCUT2D eigenvalue weighted by molar-refractivity contribution is 5.60. The molecule has 2 aromatic rings. The average molecular weight is 244 g/mol. The molecule has 0 aliphatic heterocycles. The number of anilines is 2. The fourth-order valence-corrected chi connectivity index (χ4v) is 1.63. The molecule has 94 valence electrons. The van der Waals surface area contributed by atoms with E-state index in [1.165, 1.54) is 0 Å². The molecular weight excluding hydrogens is 228 g/mol. The smallest absolute Gasteiger partial charge is 0.163 e. The van der Waals surface area contributed by atoms with Gasteiger partial charge < -0.3 is 15.7 Å². The molecule has 0 atom stereocenters. The van der Waals surface area contributed by atoms with Gasteiger partial charge in [0.25, 0.3) is 0 Å². The number of aromatic nitrogens is 2. The molecule has 3 N–H and O–H groups in total. The monoisotopic (exact) mass is 244 g/mol. The molecule has 0 saturated carbocycles. The van der Waals surface area contributed by atoms with E-state index < -0.39 is 0 Å². The van der Waals surface area contributed by atoms with E-state index >= 15 is 0 Å². The third-order valence-corrected chi connectivity index (χ3v) is 2.59. The first-order valence-corrected chi connectivity index (χ1v) is 5.72. The van der Waals surface area contributed by atoms with Gasteiger partial charge in [-0.15, -0.1) is 0 Å². The number of hydrogen-bond donors (Lipinski definition) is 2. The molecule has 0 spiro atoms. The standard InChI is InChI=1S/C13H16N4O/c1-17(7-8-18)12-9-11(14)15-13(16-12)10-5-3-2-4-6-10/h2-6,9,18H,7-8H2,1H3,(H2,14,15,16). The van der Waals surface area contributed by atoms with Crippen LogP contribution in [-0.2, 0) is 0 Å². The Balaban J connectivity index is 2.38. The molecule has 5 nitrogen and oxygen atoms in total. The van der Waals surface area contributed by atoms with E-state index in [2.05, 4.69) is 9.97 Å². The molecule has 5 heteroatoms. The molecular formula is C13H16N4O. The van der Waals surface area contributed by atoms with Crippen LogP contribution in [0.3, 0.4) is 0 Å². The van der Waals surface area contributed by atoms with Gasteiger partial charge >= 0.3 is 0 Å². The first-order valence-electron chi connectivity index (χ1n) is 5.72. The first-order chi connectivity index (χ1) is 8.70. The lowest BCUT2D eigenvalue weighted by Gasteiger charge is -2.17. The Labute approximate surface area is 106 Å². The van der Waals surface area contributed by atoms with Crippen molar-refractivity contribution in [2.45, 2.75) is 0 Å². The topological polar surface area (TPSA) is 75.3 Å². The van der Waals surface area contributed by atoms with Crippen LogP contribution >= 0.6 is 0 Å². The summed E-state index contributed by atoms with van der Waals surface area (Å²) in [7, 11) is 1.85. The highest BCUT2D eigenvalue weighted by Crippen LogP contribution is 2.20. The van der Waals surface area contributed by atoms with E-state index in [1.807, 2.05) is 42.3 Å². The summed E-state index contributed by atoms with van der Waals surface area (Å²) in [5.41, 5.74) is 6.71. The van der Waals surface area contributed by atoms with Crippen molar-refractivity contribution < 1.29 is 5.11 Å². The molecule has 0 aliphatic carbocycles. The average Bonchev–Trinajstić information content (AvgIpc) is 2.39. The van der Waals surface area contributed by atoms with Crippen LogP contribution in [0.1, 0.15) is 0 Å². The van der Waals surface area contributed by atoms with Gasteiger partial charge in [0.2, 0.25) is 0 Å². The summed E-state index contributed by atoms with van der Waals surface area (Å²) in [5.74, 6) is 1.72. The Hall–Kier alpha value is -2.14. The van der Waals surface area contributed by atoms with Crippen LogP contribution in [-0.4, -0.2) is 35.3 Å². The Kier molecular flexibility index (Phi) is 3.74. The normalized spacial score (nSPS) is 10.3. The van der Waals surface area contributed by atoms with Crippen molar-refractivity contribution in [3.63, 3.8) is 0 Å². The zero-order chi connectivity index (χ0) is 13.0. The van der Waals surface area contributed by atoms with E-state index in [9.17, 15) is 0 Å². The number of nitrogen functional groups attached to an aromatic ring is 1. The van der Waals surface area contributed by atoms with Crippen molar-refractivity contribution in [1.82, 2.24) is 9.97 Å². The number of likely N-dealkylation sites (N-methyl/N-ethyl adjacent to an activating group) is 1. The Morgan fingerprint density at radius 3 is 2.61 bits per heavy atom. The molecule has 0 unspecified atom stereocenters. The number of nitrogens with zero attached hydrogens (tertiary/aromatic N) is 3. The molecule has 1 aromatic carbocycles. The van der Waals surface area contributed by atoms with Crippen LogP contribution in [0.4, 0.5) is 11.6 Å². The second kappa shape index (κ2) is 5.46. The highest BCUT2D eigenvalue weighted by Gasteiger charge is 2.08. The number of benzene rings is 1. The third-order valence-electron chi connectivity index (χ3n) is 2.59. The maximum Gasteiger partial charge on any atom is 0.163 e. The fourth-order valence-electron chi connectivity index (χ4n) is 1.63. The molecule has 0 saturated heterocycles. The lowest BCUT2D eigenvalue weighted by molar-refractivity contribution is 0.304. The van der Waals surface area contributed by atoms with Crippen molar-refractivity contribution in [1.29, 1.82) is 0 Å². The highest BCUT2D eigenvalue weighted by atomic mass is 16.3. The predicted molar refractivity (Wildman–Crippen MR) is 72.2 cm³/mol. The summed E-state index contributed by atoms with van der Waals surface area (Å²) in [5, 5.41) is 8.94. The molecule has 2 rings (SSSR count). The summed E-state index contributed by atoms with van der Waals surface area (Å²) in [6.07, 6.45) is 0. The van der Waals surface area contributed by atoms with Gasteiger partial charge in [-0.25, -0.2) is 9.97 Å². The zero-order valence-electron chi connectivity index (χ0n) is 10.2. The van der Waals surface area contributed by atoms with Gasteiger partial charge in [0.1, 0.15) is 11.6 Å². The van der Waals surface area contributed by atoms with Gasteiger partial charge in [-0.3, -0.25) is 0 Å². The summed E-state index contributed by atoms with van der Waals surface area (Å²) in [4.78, 5) is 10.5. The summed E-state index contributed by atoms with van der Waals surface area (Å²) < 4.78 is 0. The van der Waals surface area contributed by atoms with Gasteiger partial charge in [0.05, 0.1) is 6.61 Å². The van der Waals surface area contributed by atoms with Gasteiger partial charge in [-0.05, 0) is 0 Å². The number of aliphatic hydroxyl groups excluding tert-OH is 1. The quantitative estimate of drug-likeness (QED) is 0.844. The second-order valence-corrected chi connectivity index (χ2v) is 3.99. The predicted octanol–water partition coefficient (Wildman–Crippen LogP) is 1.15. The van der Waals surface area contributed by atoms with Crippen LogP contribution in [0.2, 0.25) is 0 Å². The summed E-state index contributed by atoms with van der Waals surface area (Å²) in [6.45, 7) is 0.575. The first kappa shape index (κ1) is 12.3. The van der Waals surface area contributed by atoms with Crippen LogP contribution in [0, 0.1) is 0 Å². The van der Waals surface area contributed by atoms with Crippen molar-refractivity contribution >= 4 is 11.6 Å². The zero-order valence-corrected chi connectivity index (χ0v) is 10.2. The van der Waals surface area contributed by atoms with Crippen LogP contribution in [0.25, 0.3) is 11.4 Å². The minimum Gasteiger partial charge on any atom is -0.395 e. The molecule has 0 aliphatic rings. The van der Waals surface area contributed by atoms with Crippen molar-refractivity contribution in [2.24, 2.45) is 0 Å². The van der Waals surface area contributed by atoms with Crippen molar-refractivity contribution in [3.8, 4) is 11.4 Å². The second-order valence-electron chi connectivity index (χ2n) is 3.99. The lowest BCUT2D eigenvalue weighted by Crippen LogP contribution is -2.22. The van der Waals surface area contributed by atoms with Crippen LogP contribution < -0.4 is 10.6 Å². The molecule has 1 aromatic heterocycles. The van der Waals surface area contributed by atoms with E-state index in [-0.39, 0.29) is 6.61 Å². The summed E-state index contributed by atoms with van der Waals surface area (Å²) in [6, 6.07) is 11.4. The minimum absolute atomic E-state index is 0.0705. The maximum atomic E-state index is 8.94. The van der Waals surface area contributed by atoms with Crippen LogP contribution in [0.15, 0.2) is 36.4 Å². The Morgan fingerprint density at radius 2 is 1.94 bits per heavy atom. The largest absolute Gasteiger partial charge is 0.395 e. The minimum atomic E-state index is 0.0705. The van der Waals surface area contributed by atoms with E-state index in [0.717, 1.165) is 5.56 Å². The number of rotatable bonds is 4. The molecule has 0 fully saturated rings. The lowest BCUT2D eigenvalue weighted by atomic mass is 10.2. The molecule has 0 radical (unpaired) electrons. The molecule has 0 bridgehead atoms. The molecule has 18 heavy (non-hydrogen) atoms. The Bertz CT molecular complexity index is 516. The van der Waals surface area contributed by atoms with Crippen molar-refractivity contribution in [2.75, 3.05) is 30.8 Å². The number of nitrogens with two attached hydrogens (primary N) is 1. The van der Waals surface area contributed by atoms with Crippen LogP contribution in [0.5, 0.6) is 0 Å². The van der Waals surface area contributed by atoms with Crippen molar-refractivity contribution in [3.05, 3.63) is 36.4 Å². The maximum absolute atomic E-state index is 8.94. The molecule has 0 amide bonds. The third kappa shape index (κ3) is 2.75. The van der Waals surface area contributed by atoms with Gasteiger partial charge in [-0.1, -0.05) is 30.3 Å². The van der Waals surface area contributed by atoms with E-state index in [4.69, 9.17) is 10.8 Å². The molecule has 1 heterocycles. The SMILES string of the molecule is CN(CCO)c1cc(N)nc(-c2ccccc2)n1. The van der Waals surface area contributed by atoms with Gasteiger partial charge in [-0.2, -0.15) is 0 Å². The van der Waals surface area contributed by atoms with Gasteiger partial charge in [0.15, 0.2) is 5.82 Å². The van der Waals surface area contributed by atoms with E-state index in [0.29, 0.717) is 24.0 Å². The van der Waals surface area contributed by atoms with E-state index in [1.54, 1.807) is 6.07 Å². The summed E-state index contributed by atoms with van der Waals surface area (Å²) >= 11 is 0. The fraction of sp³-hybridized carbons (Fsp3) is 0.231.